The summed E-state index contributed by atoms with van der Waals surface area (Å²) < 4.78 is 0. The largest absolute Gasteiger partial charge is 0.477 e. The van der Waals surface area contributed by atoms with Gasteiger partial charge in [0.15, 0.2) is 6.42 Å². The van der Waals surface area contributed by atoms with Gasteiger partial charge >= 0.3 is 5.91 Å². The van der Waals surface area contributed by atoms with Crippen molar-refractivity contribution in [2.24, 2.45) is 0 Å². The second-order valence-corrected chi connectivity index (χ2v) is 2.49. The minimum atomic E-state index is -0.390. The van der Waals surface area contributed by atoms with Crippen LogP contribution in [0.2, 0.25) is 0 Å². The summed E-state index contributed by atoms with van der Waals surface area (Å²) >= 11 is 0. The summed E-state index contributed by atoms with van der Waals surface area (Å²) in [7, 11) is 0. The molecular weight excluding hydrogens is 166 g/mol. The molecule has 3 heteroatoms. The number of carbonyl (C=O) groups is 1. The van der Waals surface area contributed by atoms with E-state index in [9.17, 15) is 4.79 Å². The first kappa shape index (κ1) is 9.19. The highest BCUT2D eigenvalue weighted by atomic mass is 16.3. The van der Waals surface area contributed by atoms with Gasteiger partial charge in [0.05, 0.1) is 6.58 Å². The Morgan fingerprint density at radius 1 is 1.38 bits per heavy atom. The van der Waals surface area contributed by atoms with Crippen LogP contribution in [0, 0.1) is 6.42 Å². The number of benzene rings is 1. The lowest BCUT2D eigenvalue weighted by atomic mass is 10.3. The molecule has 0 aliphatic heterocycles. The number of nitrogens with one attached hydrogen (secondary N) is 1. The highest BCUT2D eigenvalue weighted by Crippen LogP contribution is 2.05. The normalized spacial score (nSPS) is 8.92. The lowest BCUT2D eigenvalue weighted by Gasteiger charge is -1.98. The number of amides is 1. The molecule has 0 bridgehead atoms. The summed E-state index contributed by atoms with van der Waals surface area (Å²) in [6, 6.07) is 8.98. The van der Waals surface area contributed by atoms with Gasteiger partial charge in [-0.25, -0.2) is 4.79 Å². The van der Waals surface area contributed by atoms with Crippen molar-refractivity contribution in [2.75, 3.05) is 5.32 Å². The number of aliphatic hydroxyl groups is 1. The van der Waals surface area contributed by atoms with Gasteiger partial charge in [-0.2, -0.15) is 0 Å². The molecule has 2 N–H and O–H groups in total. The van der Waals surface area contributed by atoms with Crippen molar-refractivity contribution in [1.29, 1.82) is 0 Å². The Balaban J connectivity index is 2.50. The van der Waals surface area contributed by atoms with Gasteiger partial charge in [-0.05, 0) is 12.1 Å². The van der Waals surface area contributed by atoms with Gasteiger partial charge in [0.2, 0.25) is 0 Å². The lowest BCUT2D eigenvalue weighted by Crippen LogP contribution is -2.12. The third kappa shape index (κ3) is 3.33. The molecule has 0 saturated heterocycles. The van der Waals surface area contributed by atoms with E-state index in [0.717, 1.165) is 6.42 Å². The molecule has 0 radical (unpaired) electrons. The van der Waals surface area contributed by atoms with Crippen molar-refractivity contribution in [2.45, 2.75) is 0 Å². The monoisotopic (exact) mass is 176 g/mol. The second-order valence-electron chi connectivity index (χ2n) is 2.49. The summed E-state index contributed by atoms with van der Waals surface area (Å²) in [5.74, 6) is -0.646. The highest BCUT2D eigenvalue weighted by molar-refractivity contribution is 5.98. The molecule has 1 aromatic rings. The van der Waals surface area contributed by atoms with Gasteiger partial charge in [-0.15, -0.1) is 0 Å². The molecule has 1 rings (SSSR count). The summed E-state index contributed by atoms with van der Waals surface area (Å²) in [6.45, 7) is 3.18. The molecule has 66 valence electrons. The van der Waals surface area contributed by atoms with E-state index in [0.29, 0.717) is 5.69 Å². The van der Waals surface area contributed by atoms with Gasteiger partial charge < -0.3 is 10.4 Å². The first-order valence-corrected chi connectivity index (χ1v) is 3.77. The Morgan fingerprint density at radius 3 is 2.54 bits per heavy atom. The fourth-order valence-electron chi connectivity index (χ4n) is 0.851. The third-order valence-electron chi connectivity index (χ3n) is 1.34. The number of anilines is 1. The van der Waals surface area contributed by atoms with Crippen LogP contribution in [-0.2, 0) is 4.79 Å². The Hall–Kier alpha value is -1.90. The zero-order valence-corrected chi connectivity index (χ0v) is 7.03. The maximum absolute atomic E-state index is 11.0. The first-order chi connectivity index (χ1) is 6.18. The number of hydrogen-bond donors (Lipinski definition) is 2. The zero-order valence-electron chi connectivity index (χ0n) is 7.03. The van der Waals surface area contributed by atoms with Gasteiger partial charge in [-0.1, -0.05) is 18.2 Å². The van der Waals surface area contributed by atoms with Gasteiger partial charge in [-0.3, -0.25) is 0 Å². The van der Waals surface area contributed by atoms with Crippen molar-refractivity contribution < 1.29 is 9.90 Å². The van der Waals surface area contributed by atoms with E-state index >= 15 is 0 Å². The summed E-state index contributed by atoms with van der Waals surface area (Å²) in [4.78, 5) is 11.0. The maximum Gasteiger partial charge on any atom is 0.335 e. The van der Waals surface area contributed by atoms with Crippen LogP contribution in [0.15, 0.2) is 42.7 Å². The van der Waals surface area contributed by atoms with E-state index in [2.05, 4.69) is 11.9 Å². The molecule has 0 spiro atoms. The van der Waals surface area contributed by atoms with E-state index in [1.54, 1.807) is 12.1 Å². The number of carbonyl (C=O) groups excluding carboxylic acids is 1. The van der Waals surface area contributed by atoms with Crippen LogP contribution < -0.4 is 5.32 Å². The van der Waals surface area contributed by atoms with Gasteiger partial charge in [0.1, 0.15) is 0 Å². The predicted octanol–water partition coefficient (Wildman–Crippen LogP) is 1.90. The van der Waals surface area contributed by atoms with Crippen molar-refractivity contribution >= 4 is 11.6 Å². The summed E-state index contributed by atoms with van der Waals surface area (Å²) in [5.41, 5.74) is 0.685. The fourth-order valence-corrected chi connectivity index (χ4v) is 0.851. The Morgan fingerprint density at radius 2 is 2.00 bits per heavy atom. The highest BCUT2D eigenvalue weighted by Gasteiger charge is 2.10. The molecule has 0 aliphatic carbocycles. The summed E-state index contributed by atoms with van der Waals surface area (Å²) in [6.07, 6.45) is 1.02. The molecule has 0 atom stereocenters. The number of para-hydroxylation sites is 1. The quantitative estimate of drug-likeness (QED) is 0.546. The number of hydrogen-bond acceptors (Lipinski definition) is 2. The van der Waals surface area contributed by atoms with Gasteiger partial charge in [0, 0.05) is 5.69 Å². The van der Waals surface area contributed by atoms with E-state index in [-0.39, 0.29) is 5.76 Å². The Bertz CT molecular complexity index is 306. The van der Waals surface area contributed by atoms with Crippen molar-refractivity contribution in [3.63, 3.8) is 0 Å². The molecule has 0 aromatic heterocycles. The van der Waals surface area contributed by atoms with Crippen LogP contribution in [-0.4, -0.2) is 11.0 Å². The average Bonchev–Trinajstić information content (AvgIpc) is 2.04. The van der Waals surface area contributed by atoms with Gasteiger partial charge in [0.25, 0.3) is 5.76 Å². The van der Waals surface area contributed by atoms with E-state index < -0.39 is 5.91 Å². The molecular formula is C10H10NO2+. The van der Waals surface area contributed by atoms with Crippen LogP contribution in [0.3, 0.4) is 0 Å². The van der Waals surface area contributed by atoms with Crippen LogP contribution in [0.25, 0.3) is 0 Å². The van der Waals surface area contributed by atoms with Crippen molar-refractivity contribution in [3.05, 3.63) is 49.1 Å². The second kappa shape index (κ2) is 4.21. The molecule has 0 aliphatic rings. The first-order valence-electron chi connectivity index (χ1n) is 3.77. The molecule has 13 heavy (non-hydrogen) atoms. The van der Waals surface area contributed by atoms with Crippen LogP contribution in [0.4, 0.5) is 5.69 Å². The zero-order chi connectivity index (χ0) is 9.68. The molecule has 0 saturated carbocycles. The number of rotatable bonds is 3. The predicted molar refractivity (Wildman–Crippen MR) is 51.1 cm³/mol. The lowest BCUT2D eigenvalue weighted by molar-refractivity contribution is -0.113. The van der Waals surface area contributed by atoms with E-state index in [4.69, 9.17) is 5.11 Å². The Labute approximate surface area is 76.7 Å². The molecule has 0 heterocycles. The Kier molecular flexibility index (Phi) is 2.97. The van der Waals surface area contributed by atoms with Crippen LogP contribution in [0.5, 0.6) is 0 Å². The van der Waals surface area contributed by atoms with Crippen LogP contribution >= 0.6 is 0 Å². The van der Waals surface area contributed by atoms with Crippen molar-refractivity contribution in [1.82, 2.24) is 0 Å². The summed E-state index contributed by atoms with van der Waals surface area (Å²) in [5, 5.41) is 11.2. The third-order valence-corrected chi connectivity index (χ3v) is 1.34. The fraction of sp³-hybridized carbons (Fsp3) is 0. The topological polar surface area (TPSA) is 49.3 Å². The standard InChI is InChI=1S/C10H9NO2/c1-8(12)7-10(13)11-9-5-3-2-4-6-9/h2-7H,1H2,(H-,11,12,13)/p+1. The van der Waals surface area contributed by atoms with Crippen molar-refractivity contribution in [3.8, 4) is 0 Å². The van der Waals surface area contributed by atoms with E-state index in [1.165, 1.54) is 0 Å². The molecule has 0 unspecified atom stereocenters. The SMILES string of the molecule is C=C(O)[CH+]C(=O)Nc1ccccc1. The molecule has 1 amide bonds. The minimum Gasteiger partial charge on any atom is -0.477 e. The average molecular weight is 176 g/mol. The molecule has 0 fully saturated rings. The molecule has 1 aromatic carbocycles. The molecule has 3 nitrogen and oxygen atoms in total. The minimum absolute atomic E-state index is 0.256. The number of aliphatic hydroxyl groups excluding tert-OH is 1. The maximum atomic E-state index is 11.0. The smallest absolute Gasteiger partial charge is 0.335 e. The van der Waals surface area contributed by atoms with Crippen LogP contribution in [0.1, 0.15) is 0 Å². The van der Waals surface area contributed by atoms with E-state index in [1.807, 2.05) is 18.2 Å².